The van der Waals surface area contributed by atoms with Crippen LogP contribution < -0.4 is 16.0 Å². The van der Waals surface area contributed by atoms with E-state index in [1.165, 1.54) is 25.8 Å². The first-order valence-electron chi connectivity index (χ1n) is 9.31. The zero-order valence-corrected chi connectivity index (χ0v) is 15.9. The lowest BCUT2D eigenvalue weighted by molar-refractivity contribution is -0.131. The van der Waals surface area contributed by atoms with Crippen LogP contribution in [0.4, 0.5) is 19.3 Å². The van der Waals surface area contributed by atoms with Gasteiger partial charge in [-0.1, -0.05) is 12.8 Å². The number of nitrogens with two attached hydrogens (primary N) is 1. The molecule has 1 aliphatic carbocycles. The third kappa shape index (κ3) is 7.13. The monoisotopic (exact) mass is 396 g/mol. The van der Waals surface area contributed by atoms with Gasteiger partial charge in [-0.05, 0) is 24.5 Å². The first kappa shape index (κ1) is 21.6. The minimum atomic E-state index is -0.826. The average molecular weight is 396 g/mol. The highest BCUT2D eigenvalue weighted by molar-refractivity contribution is 5.92. The van der Waals surface area contributed by atoms with E-state index in [0.717, 1.165) is 18.4 Å². The highest BCUT2D eigenvalue weighted by Crippen LogP contribution is 2.33. The van der Waals surface area contributed by atoms with Crippen LogP contribution in [0.5, 0.6) is 0 Å². The lowest BCUT2D eigenvalue weighted by Gasteiger charge is -2.36. The summed E-state index contributed by atoms with van der Waals surface area (Å²) >= 11 is 0. The van der Waals surface area contributed by atoms with Gasteiger partial charge in [0.2, 0.25) is 11.8 Å². The molecule has 28 heavy (non-hydrogen) atoms. The number of imide groups is 1. The molecule has 0 bridgehead atoms. The Labute approximate surface area is 162 Å². The molecule has 1 saturated heterocycles. The molecule has 1 aromatic carbocycles. The van der Waals surface area contributed by atoms with Crippen molar-refractivity contribution in [3.8, 4) is 0 Å². The van der Waals surface area contributed by atoms with Crippen LogP contribution >= 0.6 is 0 Å². The van der Waals surface area contributed by atoms with E-state index in [1.54, 1.807) is 11.4 Å². The number of nitrogens with zero attached hydrogens (tertiary/aromatic N) is 2. The minimum Gasteiger partial charge on any atom is -0.368 e. The molecule has 1 aliphatic heterocycles. The molecule has 1 heterocycles. The fraction of sp³-hybridized carbons (Fsp3) is 0.526. The van der Waals surface area contributed by atoms with Gasteiger partial charge >= 0.3 is 6.03 Å². The number of nitrogens with one attached hydrogen (secondary N) is 1. The standard InChI is InChI=1S/C16H20F2N2O.C3H6N2O2/c17-14-5-4-13(11-15(14)18)19-7-9-20(10-8-19)16(21)6-3-12-1-2-12;1-2(6)5-3(4)7/h4-5,11-12H,1-3,6-10H2;1H3,(H3,4,5,6,7). The molecule has 0 aromatic heterocycles. The van der Waals surface area contributed by atoms with E-state index < -0.39 is 23.6 Å². The number of urea groups is 1. The van der Waals surface area contributed by atoms with E-state index in [4.69, 9.17) is 0 Å². The van der Waals surface area contributed by atoms with Gasteiger partial charge in [-0.2, -0.15) is 0 Å². The first-order valence-corrected chi connectivity index (χ1v) is 9.31. The fourth-order valence-electron chi connectivity index (χ4n) is 2.96. The number of carbonyl (C=O) groups excluding carboxylic acids is 3. The van der Waals surface area contributed by atoms with Crippen LogP contribution in [0.25, 0.3) is 0 Å². The molecule has 1 saturated carbocycles. The number of hydrogen-bond donors (Lipinski definition) is 2. The molecule has 0 unspecified atom stereocenters. The Hall–Kier alpha value is -2.71. The summed E-state index contributed by atoms with van der Waals surface area (Å²) in [6.07, 6.45) is 4.21. The number of halogens is 2. The highest BCUT2D eigenvalue weighted by atomic mass is 19.2. The van der Waals surface area contributed by atoms with Crippen molar-refractivity contribution in [1.82, 2.24) is 10.2 Å². The zero-order chi connectivity index (χ0) is 20.7. The van der Waals surface area contributed by atoms with E-state index >= 15 is 0 Å². The third-order valence-corrected chi connectivity index (χ3v) is 4.66. The Kier molecular flexibility index (Phi) is 7.71. The third-order valence-electron chi connectivity index (χ3n) is 4.66. The molecular weight excluding hydrogens is 370 g/mol. The number of benzene rings is 1. The Morgan fingerprint density at radius 2 is 1.75 bits per heavy atom. The molecule has 2 fully saturated rings. The molecule has 2 aliphatic rings. The molecule has 0 radical (unpaired) electrons. The fourth-order valence-corrected chi connectivity index (χ4v) is 2.96. The average Bonchev–Trinajstić information content (AvgIpc) is 3.46. The topological polar surface area (TPSA) is 95.7 Å². The van der Waals surface area contributed by atoms with Crippen LogP contribution in [0.2, 0.25) is 0 Å². The van der Waals surface area contributed by atoms with Crippen molar-refractivity contribution in [3.05, 3.63) is 29.8 Å². The van der Waals surface area contributed by atoms with Gasteiger partial charge in [0, 0.05) is 51.3 Å². The van der Waals surface area contributed by atoms with Crippen molar-refractivity contribution in [2.75, 3.05) is 31.1 Å². The summed E-state index contributed by atoms with van der Waals surface area (Å²) in [5.74, 6) is -1.08. The number of amides is 4. The molecule has 3 rings (SSSR count). The normalized spacial score (nSPS) is 16.1. The smallest absolute Gasteiger partial charge is 0.318 e. The molecule has 0 spiro atoms. The second kappa shape index (κ2) is 10.0. The Morgan fingerprint density at radius 1 is 1.11 bits per heavy atom. The predicted molar refractivity (Wildman–Crippen MR) is 101 cm³/mol. The first-order chi connectivity index (χ1) is 13.3. The van der Waals surface area contributed by atoms with Crippen LogP contribution in [0.1, 0.15) is 32.6 Å². The molecule has 7 nitrogen and oxygen atoms in total. The molecule has 4 amide bonds. The van der Waals surface area contributed by atoms with E-state index in [1.807, 2.05) is 9.80 Å². The van der Waals surface area contributed by atoms with E-state index in [9.17, 15) is 23.2 Å². The Morgan fingerprint density at radius 3 is 2.21 bits per heavy atom. The molecule has 0 atom stereocenters. The maximum atomic E-state index is 13.3. The molecule has 154 valence electrons. The highest BCUT2D eigenvalue weighted by Gasteiger charge is 2.25. The predicted octanol–water partition coefficient (Wildman–Crippen LogP) is 2.00. The van der Waals surface area contributed by atoms with E-state index in [0.29, 0.717) is 38.3 Å². The van der Waals surface area contributed by atoms with Gasteiger partial charge in [-0.25, -0.2) is 13.6 Å². The second-order valence-corrected chi connectivity index (χ2v) is 6.99. The largest absolute Gasteiger partial charge is 0.368 e. The zero-order valence-electron chi connectivity index (χ0n) is 15.9. The van der Waals surface area contributed by atoms with Gasteiger partial charge in [0.15, 0.2) is 11.6 Å². The number of piperazine rings is 1. The van der Waals surface area contributed by atoms with Crippen LogP contribution in [0, 0.1) is 17.6 Å². The van der Waals surface area contributed by atoms with Crippen molar-refractivity contribution in [1.29, 1.82) is 0 Å². The lowest BCUT2D eigenvalue weighted by Crippen LogP contribution is -2.48. The SMILES string of the molecule is CC(=O)NC(N)=O.O=C(CCC1CC1)N1CCN(c2ccc(F)c(F)c2)CC1. The Bertz CT molecular complexity index is 705. The minimum absolute atomic E-state index is 0.229. The van der Waals surface area contributed by atoms with Gasteiger partial charge in [-0.3, -0.25) is 14.9 Å². The quantitative estimate of drug-likeness (QED) is 0.814. The summed E-state index contributed by atoms with van der Waals surface area (Å²) < 4.78 is 26.2. The summed E-state index contributed by atoms with van der Waals surface area (Å²) in [5, 5.41) is 1.81. The second-order valence-electron chi connectivity index (χ2n) is 6.99. The molecule has 9 heteroatoms. The van der Waals surface area contributed by atoms with Gasteiger partial charge in [0.25, 0.3) is 0 Å². The summed E-state index contributed by atoms with van der Waals surface area (Å²) in [4.78, 5) is 35.5. The van der Waals surface area contributed by atoms with E-state index in [-0.39, 0.29) is 5.91 Å². The van der Waals surface area contributed by atoms with Crippen molar-refractivity contribution >= 4 is 23.5 Å². The number of rotatable bonds is 4. The van der Waals surface area contributed by atoms with Crippen LogP contribution in [0.15, 0.2) is 18.2 Å². The summed E-state index contributed by atoms with van der Waals surface area (Å²) in [5.41, 5.74) is 5.20. The number of hydrogen-bond acceptors (Lipinski definition) is 4. The van der Waals surface area contributed by atoms with Gasteiger partial charge < -0.3 is 15.5 Å². The van der Waals surface area contributed by atoms with Crippen molar-refractivity contribution < 1.29 is 23.2 Å². The van der Waals surface area contributed by atoms with Crippen LogP contribution in [0.3, 0.4) is 0 Å². The van der Waals surface area contributed by atoms with Crippen LogP contribution in [-0.4, -0.2) is 48.9 Å². The summed E-state index contributed by atoms with van der Waals surface area (Å²) in [6.45, 7) is 3.86. The summed E-state index contributed by atoms with van der Waals surface area (Å²) in [6, 6.07) is 3.15. The van der Waals surface area contributed by atoms with Gasteiger partial charge in [0.05, 0.1) is 0 Å². The van der Waals surface area contributed by atoms with Gasteiger partial charge in [0.1, 0.15) is 0 Å². The van der Waals surface area contributed by atoms with Gasteiger partial charge in [-0.15, -0.1) is 0 Å². The number of primary amides is 1. The van der Waals surface area contributed by atoms with Crippen molar-refractivity contribution in [2.45, 2.75) is 32.6 Å². The van der Waals surface area contributed by atoms with Crippen molar-refractivity contribution in [3.63, 3.8) is 0 Å². The number of carbonyl (C=O) groups is 3. The van der Waals surface area contributed by atoms with Crippen LogP contribution in [-0.2, 0) is 9.59 Å². The maximum Gasteiger partial charge on any atom is 0.318 e. The number of anilines is 1. The lowest BCUT2D eigenvalue weighted by atomic mass is 10.2. The molecule has 3 N–H and O–H groups in total. The molecular formula is C19H26F2N4O3. The van der Waals surface area contributed by atoms with Crippen molar-refractivity contribution in [2.24, 2.45) is 11.7 Å². The van der Waals surface area contributed by atoms with E-state index in [2.05, 4.69) is 5.73 Å². The Balaban J connectivity index is 0.000000345. The maximum absolute atomic E-state index is 13.3. The molecule has 1 aromatic rings. The summed E-state index contributed by atoms with van der Waals surface area (Å²) in [7, 11) is 0.